The van der Waals surface area contributed by atoms with E-state index in [9.17, 15) is 4.79 Å². The Labute approximate surface area is 161 Å². The number of aliphatic hydroxyl groups is 1. The van der Waals surface area contributed by atoms with Crippen molar-refractivity contribution in [2.75, 3.05) is 24.4 Å². The molecule has 0 saturated carbocycles. The molecule has 0 radical (unpaired) electrons. The molecule has 148 valence electrons. The van der Waals surface area contributed by atoms with Crippen LogP contribution >= 0.6 is 0 Å². The molecule has 5 N–H and O–H groups in total. The molecule has 0 spiro atoms. The molecule has 0 amide bonds. The smallest absolute Gasteiger partial charge is 0.306 e. The van der Waals surface area contributed by atoms with E-state index in [-0.39, 0.29) is 12.6 Å². The van der Waals surface area contributed by atoms with Crippen molar-refractivity contribution in [3.05, 3.63) is 58.7 Å². The van der Waals surface area contributed by atoms with Gasteiger partial charge in [-0.3, -0.25) is 4.79 Å². The van der Waals surface area contributed by atoms with Crippen molar-refractivity contribution >= 4 is 17.3 Å². The zero-order valence-corrected chi connectivity index (χ0v) is 16.7. The van der Waals surface area contributed by atoms with Gasteiger partial charge in [0.2, 0.25) is 0 Å². The van der Waals surface area contributed by atoms with Gasteiger partial charge in [0.25, 0.3) is 0 Å². The van der Waals surface area contributed by atoms with Gasteiger partial charge in [0.1, 0.15) is 0 Å². The van der Waals surface area contributed by atoms with Gasteiger partial charge in [-0.15, -0.1) is 0 Å². The maximum absolute atomic E-state index is 11.2. The molecular weight excluding hydrogens is 342 g/mol. The highest BCUT2D eigenvalue weighted by Gasteiger charge is 2.04. The standard InChI is InChI=1S/C13H18O3.C8H13N3/c1-3-16-13(15)7-6-11-5-4-10(2)12(8-11)9-14;1-6-4-3-5-7(8(6)9)11(2)10/h4-5,8,14H,3,6-7,9H2,1-2H3;3-5H,9-10H2,1-2H3. The SMILES string of the molecule is CCOC(=O)CCc1ccc(C)c(CO)c1.Cc1cccc(N(C)N)c1N. The lowest BCUT2D eigenvalue weighted by atomic mass is 10.0. The van der Waals surface area contributed by atoms with E-state index in [0.717, 1.165) is 33.6 Å². The van der Waals surface area contributed by atoms with E-state index in [1.54, 1.807) is 14.0 Å². The lowest BCUT2D eigenvalue weighted by Crippen LogP contribution is -2.26. The summed E-state index contributed by atoms with van der Waals surface area (Å²) in [4.78, 5) is 11.2. The number of rotatable bonds is 6. The van der Waals surface area contributed by atoms with Crippen molar-refractivity contribution < 1.29 is 14.6 Å². The Bertz CT molecular complexity index is 745. The van der Waals surface area contributed by atoms with Crippen LogP contribution in [-0.2, 0) is 22.6 Å². The molecule has 2 rings (SSSR count). The Morgan fingerprint density at radius 3 is 2.44 bits per heavy atom. The predicted octanol–water partition coefficient (Wildman–Crippen LogP) is 2.87. The number of carbonyl (C=O) groups excluding carboxylic acids is 1. The lowest BCUT2D eigenvalue weighted by Gasteiger charge is -2.15. The molecular formula is C21H31N3O3. The van der Waals surface area contributed by atoms with Crippen LogP contribution in [-0.4, -0.2) is 24.7 Å². The van der Waals surface area contributed by atoms with Crippen LogP contribution in [0, 0.1) is 13.8 Å². The van der Waals surface area contributed by atoms with E-state index in [1.165, 1.54) is 5.01 Å². The third-order valence-electron chi connectivity index (χ3n) is 4.19. The molecule has 6 nitrogen and oxygen atoms in total. The van der Waals surface area contributed by atoms with E-state index in [4.69, 9.17) is 21.4 Å². The summed E-state index contributed by atoms with van der Waals surface area (Å²) in [5.41, 5.74) is 11.5. The molecule has 0 aliphatic carbocycles. The summed E-state index contributed by atoms with van der Waals surface area (Å²) in [5, 5.41) is 10.6. The van der Waals surface area contributed by atoms with E-state index in [0.29, 0.717) is 19.4 Å². The van der Waals surface area contributed by atoms with Crippen LogP contribution in [0.15, 0.2) is 36.4 Å². The number of hydrogen-bond acceptors (Lipinski definition) is 6. The average molecular weight is 373 g/mol. The topological polar surface area (TPSA) is 102 Å². The van der Waals surface area contributed by atoms with Gasteiger partial charge < -0.3 is 20.6 Å². The summed E-state index contributed by atoms with van der Waals surface area (Å²) < 4.78 is 4.86. The Morgan fingerprint density at radius 1 is 1.19 bits per heavy atom. The molecule has 2 aromatic rings. The number of hydrazine groups is 1. The first-order valence-electron chi connectivity index (χ1n) is 8.98. The Morgan fingerprint density at radius 2 is 1.89 bits per heavy atom. The third-order valence-corrected chi connectivity index (χ3v) is 4.19. The largest absolute Gasteiger partial charge is 0.466 e. The molecule has 0 aromatic heterocycles. The molecule has 6 heteroatoms. The normalized spacial score (nSPS) is 10.0. The average Bonchev–Trinajstić information content (AvgIpc) is 2.64. The van der Waals surface area contributed by atoms with Gasteiger partial charge in [-0.1, -0.05) is 30.3 Å². The third kappa shape index (κ3) is 7.29. The monoisotopic (exact) mass is 373 g/mol. The van der Waals surface area contributed by atoms with Crippen molar-refractivity contribution in [3.8, 4) is 0 Å². The second-order valence-electron chi connectivity index (χ2n) is 6.34. The van der Waals surface area contributed by atoms with E-state index >= 15 is 0 Å². The first kappa shape index (κ1) is 22.5. The lowest BCUT2D eigenvalue weighted by molar-refractivity contribution is -0.143. The maximum atomic E-state index is 11.2. The zero-order chi connectivity index (χ0) is 20.4. The summed E-state index contributed by atoms with van der Waals surface area (Å²) in [7, 11) is 1.77. The number of nitrogens with two attached hydrogens (primary N) is 2. The highest BCUT2D eigenvalue weighted by atomic mass is 16.5. The van der Waals surface area contributed by atoms with Crippen LogP contribution in [0.25, 0.3) is 0 Å². The first-order valence-corrected chi connectivity index (χ1v) is 8.98. The summed E-state index contributed by atoms with van der Waals surface area (Å²) in [6.45, 7) is 6.18. The number of nitrogens with zero attached hydrogens (tertiary/aromatic N) is 1. The van der Waals surface area contributed by atoms with Crippen LogP contribution in [0.1, 0.15) is 35.6 Å². The van der Waals surface area contributed by atoms with Crippen LogP contribution in [0.2, 0.25) is 0 Å². The molecule has 27 heavy (non-hydrogen) atoms. The maximum Gasteiger partial charge on any atom is 0.306 e. The predicted molar refractivity (Wildman–Crippen MR) is 110 cm³/mol. The quantitative estimate of drug-likeness (QED) is 0.311. The molecule has 0 heterocycles. The van der Waals surface area contributed by atoms with Gasteiger partial charge in [0.15, 0.2) is 0 Å². The second kappa shape index (κ2) is 11.2. The number of para-hydroxylation sites is 1. The van der Waals surface area contributed by atoms with Crippen molar-refractivity contribution in [3.63, 3.8) is 0 Å². The van der Waals surface area contributed by atoms with Crippen LogP contribution in [0.4, 0.5) is 11.4 Å². The summed E-state index contributed by atoms with van der Waals surface area (Å²) in [5.74, 6) is 5.36. The van der Waals surface area contributed by atoms with Crippen LogP contribution in [0.5, 0.6) is 0 Å². The molecule has 0 aliphatic heterocycles. The molecule has 0 unspecified atom stereocenters. The second-order valence-corrected chi connectivity index (χ2v) is 6.34. The molecule has 0 atom stereocenters. The number of nitrogen functional groups attached to an aromatic ring is 1. The van der Waals surface area contributed by atoms with Crippen molar-refractivity contribution in [2.45, 2.75) is 40.2 Å². The molecule has 0 aliphatic rings. The number of ether oxygens (including phenoxy) is 1. The molecule has 0 saturated heterocycles. The number of esters is 1. The van der Waals surface area contributed by atoms with Crippen molar-refractivity contribution in [1.29, 1.82) is 0 Å². The Balaban J connectivity index is 0.000000289. The van der Waals surface area contributed by atoms with Crippen LogP contribution < -0.4 is 16.6 Å². The van der Waals surface area contributed by atoms with E-state index < -0.39 is 0 Å². The number of anilines is 2. The summed E-state index contributed by atoms with van der Waals surface area (Å²) in [6.07, 6.45) is 1.05. The number of carbonyl (C=O) groups is 1. The van der Waals surface area contributed by atoms with Crippen molar-refractivity contribution in [1.82, 2.24) is 0 Å². The Hall–Kier alpha value is -2.57. The van der Waals surface area contributed by atoms with Gasteiger partial charge in [-0.2, -0.15) is 0 Å². The summed E-state index contributed by atoms with van der Waals surface area (Å²) in [6, 6.07) is 11.7. The molecule has 0 fully saturated rings. The minimum atomic E-state index is -0.173. The van der Waals surface area contributed by atoms with Gasteiger partial charge in [0, 0.05) is 13.5 Å². The van der Waals surface area contributed by atoms with Crippen molar-refractivity contribution in [2.24, 2.45) is 5.84 Å². The van der Waals surface area contributed by atoms with Gasteiger partial charge in [0.05, 0.1) is 24.6 Å². The highest BCUT2D eigenvalue weighted by Crippen LogP contribution is 2.22. The van der Waals surface area contributed by atoms with Gasteiger partial charge in [-0.25, -0.2) is 5.84 Å². The zero-order valence-electron chi connectivity index (χ0n) is 16.7. The van der Waals surface area contributed by atoms with E-state index in [2.05, 4.69) is 0 Å². The minimum absolute atomic E-state index is 0.0408. The number of benzene rings is 2. The van der Waals surface area contributed by atoms with Gasteiger partial charge >= 0.3 is 5.97 Å². The molecule has 2 aromatic carbocycles. The number of aryl methyl sites for hydroxylation is 3. The minimum Gasteiger partial charge on any atom is -0.466 e. The molecule has 0 bridgehead atoms. The van der Waals surface area contributed by atoms with Gasteiger partial charge in [-0.05, 0) is 55.5 Å². The first-order chi connectivity index (χ1) is 12.8. The fourth-order valence-corrected chi connectivity index (χ4v) is 2.50. The fraction of sp³-hybridized carbons (Fsp3) is 0.381. The summed E-state index contributed by atoms with van der Waals surface area (Å²) >= 11 is 0. The fourth-order valence-electron chi connectivity index (χ4n) is 2.50. The number of hydrogen-bond donors (Lipinski definition) is 3. The van der Waals surface area contributed by atoms with Crippen LogP contribution in [0.3, 0.4) is 0 Å². The highest BCUT2D eigenvalue weighted by molar-refractivity contribution is 5.70. The van der Waals surface area contributed by atoms with E-state index in [1.807, 2.05) is 50.2 Å². The Kier molecular flexibility index (Phi) is 9.33. The number of aliphatic hydroxyl groups excluding tert-OH is 1.